The average molecular weight is 263 g/mol. The number of aromatic nitrogens is 2. The molecule has 98 valence electrons. The van der Waals surface area contributed by atoms with E-state index in [1.165, 1.54) is 0 Å². The molecule has 1 heterocycles. The average Bonchev–Trinajstić information content (AvgIpc) is 2.70. The number of hydrogen-bond acceptors (Lipinski definition) is 4. The van der Waals surface area contributed by atoms with E-state index in [2.05, 4.69) is 15.7 Å². The molecule has 0 fully saturated rings. The first-order valence-electron chi connectivity index (χ1n) is 5.20. The van der Waals surface area contributed by atoms with Gasteiger partial charge in [-0.05, 0) is 0 Å². The molecule has 17 heavy (non-hydrogen) atoms. The Bertz CT molecular complexity index is 330. The molecule has 2 N–H and O–H groups in total. The van der Waals surface area contributed by atoms with Crippen LogP contribution < -0.4 is 10.6 Å². The van der Waals surface area contributed by atoms with Crippen molar-refractivity contribution in [1.29, 1.82) is 0 Å². The molecule has 1 aromatic heterocycles. The number of rotatable bonds is 7. The van der Waals surface area contributed by atoms with E-state index < -0.39 is 0 Å². The third-order valence-electron chi connectivity index (χ3n) is 2.04. The van der Waals surface area contributed by atoms with Gasteiger partial charge in [0.05, 0.1) is 18.4 Å². The predicted octanol–water partition coefficient (Wildman–Crippen LogP) is -0.192. The van der Waals surface area contributed by atoms with Crippen molar-refractivity contribution in [1.82, 2.24) is 20.4 Å². The standard InChI is InChI=1S/C10H18N4O2.ClH/c1-14-8-9(7-13-14)10(15)12-4-3-11-5-6-16-2;/h7-8,11H,3-6H2,1-2H3,(H,12,15);1H. The first-order valence-corrected chi connectivity index (χ1v) is 5.20. The Kier molecular flexibility index (Phi) is 8.39. The van der Waals surface area contributed by atoms with Crippen molar-refractivity contribution in [2.75, 3.05) is 33.4 Å². The summed E-state index contributed by atoms with van der Waals surface area (Å²) in [5, 5.41) is 9.86. The molecule has 1 amide bonds. The maximum atomic E-state index is 11.5. The Morgan fingerprint density at radius 3 is 2.82 bits per heavy atom. The number of halogens is 1. The van der Waals surface area contributed by atoms with Gasteiger partial charge in [0.1, 0.15) is 0 Å². The summed E-state index contributed by atoms with van der Waals surface area (Å²) >= 11 is 0. The van der Waals surface area contributed by atoms with Gasteiger partial charge in [0, 0.05) is 40.0 Å². The minimum absolute atomic E-state index is 0. The Morgan fingerprint density at radius 2 is 2.24 bits per heavy atom. The first-order chi connectivity index (χ1) is 7.74. The SMILES string of the molecule is COCCNCCNC(=O)c1cnn(C)c1.Cl. The van der Waals surface area contributed by atoms with Gasteiger partial charge in [-0.2, -0.15) is 5.10 Å². The van der Waals surface area contributed by atoms with Gasteiger partial charge < -0.3 is 15.4 Å². The van der Waals surface area contributed by atoms with Crippen LogP contribution >= 0.6 is 12.4 Å². The highest BCUT2D eigenvalue weighted by molar-refractivity contribution is 5.93. The number of aryl methyl sites for hydroxylation is 1. The minimum atomic E-state index is -0.0957. The molecule has 1 rings (SSSR count). The van der Waals surface area contributed by atoms with E-state index in [1.807, 2.05) is 0 Å². The van der Waals surface area contributed by atoms with Gasteiger partial charge in [-0.15, -0.1) is 12.4 Å². The number of methoxy groups -OCH3 is 1. The van der Waals surface area contributed by atoms with Crippen LogP contribution in [0.3, 0.4) is 0 Å². The van der Waals surface area contributed by atoms with Crippen LogP contribution in [0.1, 0.15) is 10.4 Å². The summed E-state index contributed by atoms with van der Waals surface area (Å²) in [6.45, 7) is 2.79. The number of nitrogens with one attached hydrogen (secondary N) is 2. The lowest BCUT2D eigenvalue weighted by molar-refractivity contribution is 0.0953. The van der Waals surface area contributed by atoms with Crippen molar-refractivity contribution < 1.29 is 9.53 Å². The zero-order chi connectivity index (χ0) is 11.8. The third kappa shape index (κ3) is 6.25. The molecule has 0 radical (unpaired) electrons. The molecule has 0 aliphatic heterocycles. The fourth-order valence-corrected chi connectivity index (χ4v) is 1.20. The van der Waals surface area contributed by atoms with Crippen LogP contribution in [0.15, 0.2) is 12.4 Å². The lowest BCUT2D eigenvalue weighted by atomic mass is 10.3. The zero-order valence-corrected chi connectivity index (χ0v) is 10.9. The molecular weight excluding hydrogens is 244 g/mol. The Balaban J connectivity index is 0.00000256. The molecule has 0 saturated heterocycles. The van der Waals surface area contributed by atoms with Gasteiger partial charge in [-0.3, -0.25) is 9.48 Å². The summed E-state index contributed by atoms with van der Waals surface area (Å²) in [7, 11) is 3.44. The third-order valence-corrected chi connectivity index (χ3v) is 2.04. The number of hydrogen-bond donors (Lipinski definition) is 2. The van der Waals surface area contributed by atoms with Crippen LogP contribution in [-0.2, 0) is 11.8 Å². The van der Waals surface area contributed by atoms with Gasteiger partial charge >= 0.3 is 0 Å². The summed E-state index contributed by atoms with van der Waals surface area (Å²) in [5.41, 5.74) is 0.583. The van der Waals surface area contributed by atoms with E-state index in [1.54, 1.807) is 31.2 Å². The van der Waals surface area contributed by atoms with Crippen LogP contribution in [-0.4, -0.2) is 49.0 Å². The van der Waals surface area contributed by atoms with E-state index in [0.717, 1.165) is 13.1 Å². The molecular formula is C10H19ClN4O2. The molecule has 0 aromatic carbocycles. The van der Waals surface area contributed by atoms with Crippen LogP contribution in [0.4, 0.5) is 0 Å². The van der Waals surface area contributed by atoms with Crippen LogP contribution in [0.25, 0.3) is 0 Å². The van der Waals surface area contributed by atoms with E-state index in [0.29, 0.717) is 18.7 Å². The van der Waals surface area contributed by atoms with E-state index in [4.69, 9.17) is 4.74 Å². The van der Waals surface area contributed by atoms with Gasteiger partial charge in [0.25, 0.3) is 5.91 Å². The lowest BCUT2D eigenvalue weighted by Gasteiger charge is -2.05. The fraction of sp³-hybridized carbons (Fsp3) is 0.600. The molecule has 0 spiro atoms. The molecule has 0 aliphatic rings. The number of amides is 1. The summed E-state index contributed by atoms with van der Waals surface area (Å²) in [4.78, 5) is 11.5. The minimum Gasteiger partial charge on any atom is -0.383 e. The Hall–Kier alpha value is -1.11. The lowest BCUT2D eigenvalue weighted by Crippen LogP contribution is -2.32. The zero-order valence-electron chi connectivity index (χ0n) is 10.1. The highest BCUT2D eigenvalue weighted by Gasteiger charge is 2.05. The molecule has 0 unspecified atom stereocenters. The number of nitrogens with zero attached hydrogens (tertiary/aromatic N) is 2. The van der Waals surface area contributed by atoms with Gasteiger partial charge in [-0.1, -0.05) is 0 Å². The van der Waals surface area contributed by atoms with Crippen molar-refractivity contribution in [3.8, 4) is 0 Å². The van der Waals surface area contributed by atoms with Gasteiger partial charge in [0.15, 0.2) is 0 Å². The van der Waals surface area contributed by atoms with E-state index in [9.17, 15) is 4.79 Å². The van der Waals surface area contributed by atoms with Crippen LogP contribution in [0, 0.1) is 0 Å². The van der Waals surface area contributed by atoms with Gasteiger partial charge in [0.2, 0.25) is 0 Å². The molecule has 0 bridgehead atoms. The van der Waals surface area contributed by atoms with Crippen molar-refractivity contribution in [2.24, 2.45) is 7.05 Å². The Morgan fingerprint density at radius 1 is 1.47 bits per heavy atom. The molecule has 0 atom stereocenters. The van der Waals surface area contributed by atoms with Crippen molar-refractivity contribution in [3.63, 3.8) is 0 Å². The monoisotopic (exact) mass is 262 g/mol. The van der Waals surface area contributed by atoms with Gasteiger partial charge in [-0.25, -0.2) is 0 Å². The second kappa shape index (κ2) is 8.98. The molecule has 6 nitrogen and oxygen atoms in total. The van der Waals surface area contributed by atoms with Crippen molar-refractivity contribution in [3.05, 3.63) is 18.0 Å². The molecule has 0 aliphatic carbocycles. The molecule has 1 aromatic rings. The summed E-state index contributed by atoms with van der Waals surface area (Å²) < 4.78 is 6.48. The highest BCUT2D eigenvalue weighted by atomic mass is 35.5. The van der Waals surface area contributed by atoms with Crippen molar-refractivity contribution in [2.45, 2.75) is 0 Å². The normalized spacial score (nSPS) is 9.76. The molecule has 0 saturated carbocycles. The Labute approximate surface area is 107 Å². The number of carbonyl (C=O) groups is 1. The highest BCUT2D eigenvalue weighted by Crippen LogP contribution is 1.94. The van der Waals surface area contributed by atoms with Crippen LogP contribution in [0.5, 0.6) is 0 Å². The largest absolute Gasteiger partial charge is 0.383 e. The quantitative estimate of drug-likeness (QED) is 0.669. The van der Waals surface area contributed by atoms with E-state index >= 15 is 0 Å². The second-order valence-electron chi connectivity index (χ2n) is 3.40. The maximum Gasteiger partial charge on any atom is 0.254 e. The first kappa shape index (κ1) is 15.9. The second-order valence-corrected chi connectivity index (χ2v) is 3.40. The number of carbonyl (C=O) groups excluding carboxylic acids is 1. The molecule has 7 heteroatoms. The summed E-state index contributed by atoms with van der Waals surface area (Å²) in [6, 6.07) is 0. The smallest absolute Gasteiger partial charge is 0.254 e. The number of ether oxygens (including phenoxy) is 1. The predicted molar refractivity (Wildman–Crippen MR) is 67.5 cm³/mol. The topological polar surface area (TPSA) is 68.2 Å². The van der Waals surface area contributed by atoms with Crippen LogP contribution in [0.2, 0.25) is 0 Å². The maximum absolute atomic E-state index is 11.5. The van der Waals surface area contributed by atoms with E-state index in [-0.39, 0.29) is 18.3 Å². The summed E-state index contributed by atoms with van der Waals surface area (Å²) in [5.74, 6) is -0.0957. The summed E-state index contributed by atoms with van der Waals surface area (Å²) in [6.07, 6.45) is 3.24. The fourth-order valence-electron chi connectivity index (χ4n) is 1.20. The van der Waals surface area contributed by atoms with Crippen molar-refractivity contribution >= 4 is 18.3 Å².